The van der Waals surface area contributed by atoms with Crippen LogP contribution in [-0.4, -0.2) is 22.5 Å². The zero-order chi connectivity index (χ0) is 14.3. The summed E-state index contributed by atoms with van der Waals surface area (Å²) in [6.07, 6.45) is 3.01. The van der Waals surface area contributed by atoms with Crippen molar-refractivity contribution in [1.29, 1.82) is 0 Å². The fraction of sp³-hybridized carbons (Fsp3) is 0.615. The molecule has 106 valence electrons. The zero-order valence-corrected chi connectivity index (χ0v) is 11.8. The fourth-order valence-corrected chi connectivity index (χ4v) is 1.80. The van der Waals surface area contributed by atoms with Gasteiger partial charge >= 0.3 is 0 Å². The second kappa shape index (κ2) is 7.56. The number of pyridine rings is 1. The van der Waals surface area contributed by atoms with Crippen molar-refractivity contribution < 1.29 is 4.92 Å². The lowest BCUT2D eigenvalue weighted by molar-refractivity contribution is -0.384. The number of nitro groups is 1. The van der Waals surface area contributed by atoms with E-state index in [0.717, 1.165) is 25.8 Å². The SMILES string of the molecule is CCCNc1cc([N+](=O)[O-])cc(NC(C)CCC)n1. The smallest absolute Gasteiger partial charge is 0.276 e. The summed E-state index contributed by atoms with van der Waals surface area (Å²) in [6.45, 7) is 6.93. The molecular formula is C13H22N4O2. The largest absolute Gasteiger partial charge is 0.370 e. The molecule has 1 aromatic heterocycles. The first-order valence-electron chi connectivity index (χ1n) is 6.73. The van der Waals surface area contributed by atoms with E-state index in [9.17, 15) is 10.1 Å². The Morgan fingerprint density at radius 2 is 2.00 bits per heavy atom. The van der Waals surface area contributed by atoms with E-state index < -0.39 is 4.92 Å². The molecule has 0 saturated heterocycles. The van der Waals surface area contributed by atoms with Gasteiger partial charge in [0.2, 0.25) is 0 Å². The maximum absolute atomic E-state index is 10.9. The van der Waals surface area contributed by atoms with Crippen molar-refractivity contribution in [1.82, 2.24) is 4.98 Å². The van der Waals surface area contributed by atoms with Gasteiger partial charge in [0.25, 0.3) is 5.69 Å². The molecule has 0 aliphatic rings. The average Bonchev–Trinajstić information content (AvgIpc) is 2.36. The summed E-state index contributed by atoms with van der Waals surface area (Å²) < 4.78 is 0. The van der Waals surface area contributed by atoms with Crippen LogP contribution < -0.4 is 10.6 Å². The standard InChI is InChI=1S/C13H22N4O2/c1-4-6-10(3)15-13-9-11(17(18)19)8-12(16-13)14-7-5-2/h8-10H,4-7H2,1-3H3,(H2,14,15,16). The molecule has 0 saturated carbocycles. The Morgan fingerprint density at radius 1 is 1.32 bits per heavy atom. The van der Waals surface area contributed by atoms with Gasteiger partial charge in [-0.05, 0) is 19.8 Å². The fourth-order valence-electron chi connectivity index (χ4n) is 1.80. The molecule has 2 N–H and O–H groups in total. The van der Waals surface area contributed by atoms with Crippen LogP contribution in [0.3, 0.4) is 0 Å². The summed E-state index contributed by atoms with van der Waals surface area (Å²) in [4.78, 5) is 14.9. The third kappa shape index (κ3) is 5.11. The quantitative estimate of drug-likeness (QED) is 0.556. The van der Waals surface area contributed by atoms with Crippen LogP contribution in [0.5, 0.6) is 0 Å². The highest BCUT2D eigenvalue weighted by Crippen LogP contribution is 2.21. The number of rotatable bonds is 8. The van der Waals surface area contributed by atoms with Crippen molar-refractivity contribution in [3.8, 4) is 0 Å². The third-order valence-corrected chi connectivity index (χ3v) is 2.69. The van der Waals surface area contributed by atoms with Crippen molar-refractivity contribution in [3.63, 3.8) is 0 Å². The van der Waals surface area contributed by atoms with Gasteiger partial charge in [-0.25, -0.2) is 4.98 Å². The first-order chi connectivity index (χ1) is 9.06. The van der Waals surface area contributed by atoms with Crippen LogP contribution in [0.2, 0.25) is 0 Å². The van der Waals surface area contributed by atoms with Crippen molar-refractivity contribution in [3.05, 3.63) is 22.2 Å². The summed E-state index contributed by atoms with van der Waals surface area (Å²) >= 11 is 0. The number of anilines is 2. The average molecular weight is 266 g/mol. The minimum atomic E-state index is -0.394. The Kier molecular flexibility index (Phi) is 6.05. The highest BCUT2D eigenvalue weighted by molar-refractivity contribution is 5.54. The topological polar surface area (TPSA) is 80.1 Å². The maximum Gasteiger partial charge on any atom is 0.276 e. The molecule has 19 heavy (non-hydrogen) atoms. The van der Waals surface area contributed by atoms with Crippen LogP contribution in [0.25, 0.3) is 0 Å². The second-order valence-corrected chi connectivity index (χ2v) is 4.61. The van der Waals surface area contributed by atoms with E-state index in [1.165, 1.54) is 12.1 Å². The van der Waals surface area contributed by atoms with Gasteiger partial charge in [0.15, 0.2) is 0 Å². The molecule has 0 fully saturated rings. The van der Waals surface area contributed by atoms with Gasteiger partial charge in [-0.2, -0.15) is 0 Å². The molecule has 0 aliphatic heterocycles. The van der Waals surface area contributed by atoms with Crippen LogP contribution in [0.15, 0.2) is 12.1 Å². The predicted molar refractivity (Wildman–Crippen MR) is 77.7 cm³/mol. The van der Waals surface area contributed by atoms with E-state index in [4.69, 9.17) is 0 Å². The number of nitrogens with one attached hydrogen (secondary N) is 2. The molecular weight excluding hydrogens is 244 g/mol. The van der Waals surface area contributed by atoms with E-state index in [1.54, 1.807) is 0 Å². The molecule has 6 nitrogen and oxygen atoms in total. The predicted octanol–water partition coefficient (Wildman–Crippen LogP) is 3.41. The van der Waals surface area contributed by atoms with Gasteiger partial charge in [-0.15, -0.1) is 0 Å². The van der Waals surface area contributed by atoms with Gasteiger partial charge in [0, 0.05) is 12.6 Å². The molecule has 0 amide bonds. The Hall–Kier alpha value is -1.85. The molecule has 1 unspecified atom stereocenters. The lowest BCUT2D eigenvalue weighted by Crippen LogP contribution is -2.16. The number of hydrogen-bond donors (Lipinski definition) is 2. The molecule has 1 heterocycles. The molecule has 0 radical (unpaired) electrons. The van der Waals surface area contributed by atoms with Crippen molar-refractivity contribution >= 4 is 17.3 Å². The Morgan fingerprint density at radius 3 is 2.58 bits per heavy atom. The van der Waals surface area contributed by atoms with Crippen molar-refractivity contribution in [2.75, 3.05) is 17.2 Å². The molecule has 1 rings (SSSR count). The number of hydrogen-bond acceptors (Lipinski definition) is 5. The van der Waals surface area contributed by atoms with E-state index in [1.807, 2.05) is 13.8 Å². The van der Waals surface area contributed by atoms with Crippen LogP contribution >= 0.6 is 0 Å². The number of nitrogens with zero attached hydrogens (tertiary/aromatic N) is 2. The molecule has 0 bridgehead atoms. The van der Waals surface area contributed by atoms with Gasteiger partial charge in [-0.3, -0.25) is 10.1 Å². The highest BCUT2D eigenvalue weighted by Gasteiger charge is 2.12. The Bertz CT molecular complexity index is 423. The molecule has 0 spiro atoms. The highest BCUT2D eigenvalue weighted by atomic mass is 16.6. The van der Waals surface area contributed by atoms with Gasteiger partial charge in [0.05, 0.1) is 17.1 Å². The Balaban J connectivity index is 2.89. The van der Waals surface area contributed by atoms with E-state index >= 15 is 0 Å². The minimum Gasteiger partial charge on any atom is -0.370 e. The molecule has 1 atom stereocenters. The summed E-state index contributed by atoms with van der Waals surface area (Å²) in [5.41, 5.74) is 0.0554. The van der Waals surface area contributed by atoms with Crippen LogP contribution in [0.4, 0.5) is 17.3 Å². The first kappa shape index (κ1) is 15.2. The van der Waals surface area contributed by atoms with Crippen molar-refractivity contribution in [2.24, 2.45) is 0 Å². The summed E-state index contributed by atoms with van der Waals surface area (Å²) in [6, 6.07) is 3.19. The van der Waals surface area contributed by atoms with E-state index in [0.29, 0.717) is 11.6 Å². The summed E-state index contributed by atoms with van der Waals surface area (Å²) in [5.74, 6) is 1.09. The van der Waals surface area contributed by atoms with Crippen LogP contribution in [-0.2, 0) is 0 Å². The second-order valence-electron chi connectivity index (χ2n) is 4.61. The third-order valence-electron chi connectivity index (χ3n) is 2.69. The summed E-state index contributed by atoms with van der Waals surface area (Å²) in [5, 5.41) is 17.2. The molecule has 6 heteroatoms. The minimum absolute atomic E-state index is 0.0554. The molecule has 1 aromatic rings. The number of aromatic nitrogens is 1. The van der Waals surface area contributed by atoms with Crippen LogP contribution in [0, 0.1) is 10.1 Å². The van der Waals surface area contributed by atoms with Crippen LogP contribution in [0.1, 0.15) is 40.0 Å². The molecule has 0 aliphatic carbocycles. The lowest BCUT2D eigenvalue weighted by Gasteiger charge is -2.14. The van der Waals surface area contributed by atoms with E-state index in [-0.39, 0.29) is 11.7 Å². The summed E-state index contributed by atoms with van der Waals surface area (Å²) in [7, 11) is 0. The van der Waals surface area contributed by atoms with Gasteiger partial charge in [-0.1, -0.05) is 20.3 Å². The first-order valence-corrected chi connectivity index (χ1v) is 6.73. The van der Waals surface area contributed by atoms with Crippen molar-refractivity contribution in [2.45, 2.75) is 46.1 Å². The molecule has 0 aromatic carbocycles. The zero-order valence-electron chi connectivity index (χ0n) is 11.8. The van der Waals surface area contributed by atoms with Gasteiger partial charge in [0.1, 0.15) is 11.6 Å². The van der Waals surface area contributed by atoms with Gasteiger partial charge < -0.3 is 10.6 Å². The Labute approximate surface area is 113 Å². The normalized spacial score (nSPS) is 11.9. The lowest BCUT2D eigenvalue weighted by atomic mass is 10.2. The van der Waals surface area contributed by atoms with E-state index in [2.05, 4.69) is 22.5 Å². The monoisotopic (exact) mass is 266 g/mol. The maximum atomic E-state index is 10.9.